The predicted octanol–water partition coefficient (Wildman–Crippen LogP) is 3.58. The molecule has 18 heavy (non-hydrogen) atoms. The van der Waals surface area contributed by atoms with Crippen LogP contribution in [0.2, 0.25) is 0 Å². The summed E-state index contributed by atoms with van der Waals surface area (Å²) in [4.78, 5) is 0. The van der Waals surface area contributed by atoms with E-state index in [1.54, 1.807) is 0 Å². The summed E-state index contributed by atoms with van der Waals surface area (Å²) in [7, 11) is 0. The van der Waals surface area contributed by atoms with Crippen molar-refractivity contribution < 1.29 is 17.9 Å². The zero-order chi connectivity index (χ0) is 13.3. The second-order valence-electron chi connectivity index (χ2n) is 4.46. The highest BCUT2D eigenvalue weighted by molar-refractivity contribution is 9.10. The summed E-state index contributed by atoms with van der Waals surface area (Å²) in [5, 5.41) is 0. The molecule has 2 N–H and O–H groups in total. The molecule has 0 bridgehead atoms. The molecule has 6 heteroatoms. The maximum absolute atomic E-state index is 12.5. The number of nitrogens with two attached hydrogens (primary N) is 1. The van der Waals surface area contributed by atoms with Crippen molar-refractivity contribution in [2.75, 3.05) is 6.54 Å². The maximum atomic E-state index is 12.5. The van der Waals surface area contributed by atoms with Crippen molar-refractivity contribution in [3.8, 4) is 5.75 Å². The molecule has 1 aliphatic carbocycles. The Bertz CT molecular complexity index is 430. The van der Waals surface area contributed by atoms with E-state index < -0.39 is 11.7 Å². The molecular formula is C12H13BrF3NO. The van der Waals surface area contributed by atoms with Gasteiger partial charge >= 0.3 is 6.18 Å². The van der Waals surface area contributed by atoms with Crippen LogP contribution in [0.25, 0.3) is 0 Å². The number of hydrogen-bond acceptors (Lipinski definition) is 2. The van der Waals surface area contributed by atoms with Crippen LogP contribution in [0.3, 0.4) is 0 Å². The van der Waals surface area contributed by atoms with Gasteiger partial charge in [0.2, 0.25) is 0 Å². The molecule has 1 aromatic carbocycles. The number of benzene rings is 1. The summed E-state index contributed by atoms with van der Waals surface area (Å²) >= 11 is 3.10. The molecule has 0 heterocycles. The molecule has 2 rings (SSSR count). The molecule has 100 valence electrons. The van der Waals surface area contributed by atoms with Gasteiger partial charge in [-0.05, 0) is 59.4 Å². The Kier molecular flexibility index (Phi) is 3.87. The SMILES string of the molecule is NCC1CC(Oc2ccc(C(F)(F)F)cc2Br)C1. The Morgan fingerprint density at radius 1 is 1.33 bits per heavy atom. The van der Waals surface area contributed by atoms with Gasteiger partial charge in [-0.2, -0.15) is 13.2 Å². The summed E-state index contributed by atoms with van der Waals surface area (Å²) in [5.41, 5.74) is 4.81. The lowest BCUT2D eigenvalue weighted by molar-refractivity contribution is -0.137. The van der Waals surface area contributed by atoms with Gasteiger partial charge in [0.1, 0.15) is 5.75 Å². The molecule has 2 nitrogen and oxygen atoms in total. The van der Waals surface area contributed by atoms with E-state index in [4.69, 9.17) is 10.5 Å². The fraction of sp³-hybridized carbons (Fsp3) is 0.500. The van der Waals surface area contributed by atoms with Crippen LogP contribution in [0.5, 0.6) is 5.75 Å². The second-order valence-corrected chi connectivity index (χ2v) is 5.31. The van der Waals surface area contributed by atoms with Gasteiger partial charge in [0.15, 0.2) is 0 Å². The van der Waals surface area contributed by atoms with E-state index in [0.717, 1.165) is 25.0 Å². The molecule has 0 spiro atoms. The summed E-state index contributed by atoms with van der Waals surface area (Å²) in [5.74, 6) is 0.923. The molecule has 0 unspecified atom stereocenters. The van der Waals surface area contributed by atoms with Gasteiger partial charge in [-0.25, -0.2) is 0 Å². The molecule has 0 saturated heterocycles. The van der Waals surface area contributed by atoms with E-state index >= 15 is 0 Å². The first-order valence-electron chi connectivity index (χ1n) is 5.63. The van der Waals surface area contributed by atoms with Crippen LogP contribution in [-0.4, -0.2) is 12.6 Å². The van der Waals surface area contributed by atoms with Crippen molar-refractivity contribution >= 4 is 15.9 Å². The summed E-state index contributed by atoms with van der Waals surface area (Å²) in [6, 6.07) is 3.41. The molecule has 0 radical (unpaired) electrons. The third kappa shape index (κ3) is 2.98. The Balaban J connectivity index is 2.02. The minimum absolute atomic E-state index is 0.0617. The first-order chi connectivity index (χ1) is 8.40. The summed E-state index contributed by atoms with van der Waals surface area (Å²) in [6.45, 7) is 0.633. The van der Waals surface area contributed by atoms with Gasteiger partial charge in [-0.3, -0.25) is 0 Å². The molecular weight excluding hydrogens is 311 g/mol. The van der Waals surface area contributed by atoms with Gasteiger partial charge in [0, 0.05) is 0 Å². The summed E-state index contributed by atoms with van der Waals surface area (Å²) in [6.07, 6.45) is -2.54. The van der Waals surface area contributed by atoms with Gasteiger partial charge < -0.3 is 10.5 Å². The van der Waals surface area contributed by atoms with Crippen molar-refractivity contribution in [1.29, 1.82) is 0 Å². The summed E-state index contributed by atoms with van der Waals surface area (Å²) < 4.78 is 43.3. The van der Waals surface area contributed by atoms with Gasteiger partial charge in [0.05, 0.1) is 16.1 Å². The third-order valence-electron chi connectivity index (χ3n) is 3.08. The normalized spacial score (nSPS) is 23.6. The van der Waals surface area contributed by atoms with E-state index in [-0.39, 0.29) is 6.10 Å². The molecule has 1 saturated carbocycles. The van der Waals surface area contributed by atoms with Crippen molar-refractivity contribution in [2.45, 2.75) is 25.1 Å². The molecule has 1 aliphatic rings. The van der Waals surface area contributed by atoms with Crippen LogP contribution >= 0.6 is 15.9 Å². The van der Waals surface area contributed by atoms with Crippen LogP contribution in [0, 0.1) is 5.92 Å². The molecule has 0 aromatic heterocycles. The largest absolute Gasteiger partial charge is 0.489 e. The lowest BCUT2D eigenvalue weighted by Crippen LogP contribution is -2.37. The Morgan fingerprint density at radius 2 is 2.00 bits per heavy atom. The van der Waals surface area contributed by atoms with Gasteiger partial charge in [-0.1, -0.05) is 0 Å². The lowest BCUT2D eigenvalue weighted by atomic mass is 9.82. The average molecular weight is 324 g/mol. The number of halogens is 4. The van der Waals surface area contributed by atoms with Crippen LogP contribution in [0.1, 0.15) is 18.4 Å². The maximum Gasteiger partial charge on any atom is 0.416 e. The number of alkyl halides is 3. The third-order valence-corrected chi connectivity index (χ3v) is 3.70. The number of hydrogen-bond donors (Lipinski definition) is 1. The van der Waals surface area contributed by atoms with Crippen LogP contribution in [0.15, 0.2) is 22.7 Å². The Labute approximate surface area is 111 Å². The number of rotatable bonds is 3. The minimum atomic E-state index is -4.33. The fourth-order valence-corrected chi connectivity index (χ4v) is 2.39. The zero-order valence-electron chi connectivity index (χ0n) is 9.51. The van der Waals surface area contributed by atoms with Gasteiger partial charge in [0.25, 0.3) is 0 Å². The Hall–Kier alpha value is -0.750. The van der Waals surface area contributed by atoms with Crippen molar-refractivity contribution in [1.82, 2.24) is 0 Å². The second kappa shape index (κ2) is 5.09. The predicted molar refractivity (Wildman–Crippen MR) is 65.3 cm³/mol. The molecule has 1 aromatic rings. The van der Waals surface area contributed by atoms with Crippen molar-refractivity contribution in [3.63, 3.8) is 0 Å². The smallest absolute Gasteiger partial charge is 0.416 e. The van der Waals surface area contributed by atoms with E-state index in [1.807, 2.05) is 0 Å². The highest BCUT2D eigenvalue weighted by Crippen LogP contribution is 2.37. The first-order valence-corrected chi connectivity index (χ1v) is 6.43. The van der Waals surface area contributed by atoms with Crippen LogP contribution in [-0.2, 0) is 6.18 Å². The van der Waals surface area contributed by atoms with Gasteiger partial charge in [-0.15, -0.1) is 0 Å². The highest BCUT2D eigenvalue weighted by Gasteiger charge is 2.32. The van der Waals surface area contributed by atoms with Crippen LogP contribution < -0.4 is 10.5 Å². The van der Waals surface area contributed by atoms with E-state index in [2.05, 4.69) is 15.9 Å². The highest BCUT2D eigenvalue weighted by atomic mass is 79.9. The zero-order valence-corrected chi connectivity index (χ0v) is 11.1. The molecule has 0 aliphatic heterocycles. The van der Waals surface area contributed by atoms with E-state index in [1.165, 1.54) is 6.07 Å². The quantitative estimate of drug-likeness (QED) is 0.922. The standard InChI is InChI=1S/C12H13BrF3NO/c13-10-5-8(12(14,15)16)1-2-11(10)18-9-3-7(4-9)6-17/h1-2,5,7,9H,3-4,6,17H2. The molecule has 1 fully saturated rings. The number of ether oxygens (including phenoxy) is 1. The monoisotopic (exact) mass is 323 g/mol. The lowest BCUT2D eigenvalue weighted by Gasteiger charge is -2.34. The van der Waals surface area contributed by atoms with Crippen molar-refractivity contribution in [2.24, 2.45) is 11.7 Å². The topological polar surface area (TPSA) is 35.2 Å². The Morgan fingerprint density at radius 3 is 2.50 bits per heavy atom. The van der Waals surface area contributed by atoms with Crippen molar-refractivity contribution in [3.05, 3.63) is 28.2 Å². The minimum Gasteiger partial charge on any atom is -0.489 e. The molecule has 0 atom stereocenters. The van der Waals surface area contributed by atoms with E-state index in [9.17, 15) is 13.2 Å². The van der Waals surface area contributed by atoms with E-state index in [0.29, 0.717) is 22.7 Å². The first kappa shape index (κ1) is 13.7. The average Bonchev–Trinajstić information content (AvgIpc) is 2.23. The van der Waals surface area contributed by atoms with Crippen LogP contribution in [0.4, 0.5) is 13.2 Å². The molecule has 0 amide bonds. The fourth-order valence-electron chi connectivity index (χ4n) is 1.92.